The number of hydrogen-bond donors (Lipinski definition) is 1. The zero-order valence-corrected chi connectivity index (χ0v) is 15.3. The third-order valence-electron chi connectivity index (χ3n) is 4.76. The minimum Gasteiger partial charge on any atom is -0.465 e. The van der Waals surface area contributed by atoms with Crippen LogP contribution in [0.4, 0.5) is 4.79 Å². The third-order valence-corrected chi connectivity index (χ3v) is 4.76. The van der Waals surface area contributed by atoms with Crippen molar-refractivity contribution < 1.29 is 19.2 Å². The lowest BCUT2D eigenvalue weighted by Gasteiger charge is -2.32. The van der Waals surface area contributed by atoms with Crippen LogP contribution in [0.3, 0.4) is 0 Å². The molecular formula is C17H32BNO4. The summed E-state index contributed by atoms with van der Waals surface area (Å²) < 4.78 is 11.8. The maximum Gasteiger partial charge on any atom is 0.486 e. The van der Waals surface area contributed by atoms with Gasteiger partial charge in [-0.2, -0.15) is 0 Å². The number of rotatable bonds is 9. The zero-order valence-electron chi connectivity index (χ0n) is 15.3. The Labute approximate surface area is 141 Å². The second-order valence-corrected chi connectivity index (χ2v) is 7.31. The van der Waals surface area contributed by atoms with Crippen LogP contribution in [-0.2, 0) is 9.31 Å². The average Bonchev–Trinajstić information content (AvgIpc) is 2.64. The monoisotopic (exact) mass is 325 g/mol. The van der Waals surface area contributed by atoms with Crippen molar-refractivity contribution in [1.29, 1.82) is 0 Å². The molecule has 0 spiro atoms. The molecule has 6 heteroatoms. The molecule has 1 saturated heterocycles. The molecule has 0 aromatic heterocycles. The molecule has 1 amide bonds. The summed E-state index contributed by atoms with van der Waals surface area (Å²) in [5, 5.41) is 8.73. The zero-order chi connectivity index (χ0) is 17.5. The maximum atomic E-state index is 10.6. The van der Waals surface area contributed by atoms with Crippen LogP contribution in [-0.4, -0.2) is 48.0 Å². The summed E-state index contributed by atoms with van der Waals surface area (Å²) in [7, 11) is 1.37. The molecule has 0 bridgehead atoms. The molecule has 5 nitrogen and oxygen atoms in total. The van der Waals surface area contributed by atoms with Crippen LogP contribution in [0.1, 0.15) is 66.2 Å². The Kier molecular flexibility index (Phi) is 7.61. The van der Waals surface area contributed by atoms with Crippen molar-refractivity contribution in [3.8, 4) is 0 Å². The van der Waals surface area contributed by atoms with Crippen LogP contribution >= 0.6 is 0 Å². The molecule has 0 radical (unpaired) electrons. The molecule has 1 rings (SSSR count). The molecule has 1 aliphatic heterocycles. The predicted octanol–water partition coefficient (Wildman–Crippen LogP) is 4.12. The van der Waals surface area contributed by atoms with Crippen molar-refractivity contribution in [2.75, 3.05) is 13.6 Å². The summed E-state index contributed by atoms with van der Waals surface area (Å²) in [6, 6.07) is 0. The van der Waals surface area contributed by atoms with Gasteiger partial charge in [0.15, 0.2) is 0 Å². The van der Waals surface area contributed by atoms with Gasteiger partial charge in [0, 0.05) is 13.6 Å². The predicted molar refractivity (Wildman–Crippen MR) is 93.6 cm³/mol. The van der Waals surface area contributed by atoms with E-state index in [1.165, 1.54) is 11.3 Å². The normalized spacial score (nSPS) is 19.4. The van der Waals surface area contributed by atoms with Crippen molar-refractivity contribution in [2.24, 2.45) is 0 Å². The molecule has 0 aromatic carbocycles. The van der Waals surface area contributed by atoms with Crippen LogP contribution in [0.5, 0.6) is 0 Å². The van der Waals surface area contributed by atoms with E-state index >= 15 is 0 Å². The van der Waals surface area contributed by atoms with E-state index in [0.29, 0.717) is 6.54 Å². The molecule has 0 unspecified atom stereocenters. The SMILES string of the molecule is CN(CCCCCCCC=CB1OC(C)(C)C(C)(C)O1)C(=O)O. The van der Waals surface area contributed by atoms with E-state index in [1.54, 1.807) is 7.05 Å². The number of amides is 1. The number of hydrogen-bond acceptors (Lipinski definition) is 3. The summed E-state index contributed by atoms with van der Waals surface area (Å²) in [5.74, 6) is 2.01. The lowest BCUT2D eigenvalue weighted by Crippen LogP contribution is -2.41. The lowest BCUT2D eigenvalue weighted by molar-refractivity contribution is 0.00578. The fourth-order valence-corrected chi connectivity index (χ4v) is 2.41. The number of carbonyl (C=O) groups is 1. The van der Waals surface area contributed by atoms with E-state index in [-0.39, 0.29) is 18.3 Å². The average molecular weight is 325 g/mol. The number of allylic oxidation sites excluding steroid dienone is 1. The second-order valence-electron chi connectivity index (χ2n) is 7.31. The minimum atomic E-state index is -0.849. The van der Waals surface area contributed by atoms with Gasteiger partial charge in [-0.15, -0.1) is 0 Å². The van der Waals surface area contributed by atoms with Gasteiger partial charge in [0.1, 0.15) is 0 Å². The highest BCUT2D eigenvalue weighted by Crippen LogP contribution is 2.36. The number of carboxylic acid groups (broad SMARTS) is 1. The van der Waals surface area contributed by atoms with Gasteiger partial charge in [0.05, 0.1) is 11.2 Å². The van der Waals surface area contributed by atoms with Gasteiger partial charge >= 0.3 is 13.2 Å². The van der Waals surface area contributed by atoms with Gasteiger partial charge in [-0.1, -0.05) is 31.3 Å². The van der Waals surface area contributed by atoms with Gasteiger partial charge in [-0.3, -0.25) is 0 Å². The first-order valence-electron chi connectivity index (χ1n) is 8.62. The first kappa shape index (κ1) is 20.0. The van der Waals surface area contributed by atoms with Gasteiger partial charge in [-0.25, -0.2) is 4.79 Å². The molecule has 1 fully saturated rings. The highest BCUT2D eigenvalue weighted by atomic mass is 16.7. The molecule has 132 valence electrons. The smallest absolute Gasteiger partial charge is 0.465 e. The van der Waals surface area contributed by atoms with Crippen molar-refractivity contribution in [3.05, 3.63) is 12.1 Å². The Morgan fingerprint density at radius 2 is 1.57 bits per heavy atom. The van der Waals surface area contributed by atoms with E-state index < -0.39 is 6.09 Å². The first-order valence-corrected chi connectivity index (χ1v) is 8.62. The Morgan fingerprint density at radius 3 is 2.13 bits per heavy atom. The van der Waals surface area contributed by atoms with Crippen molar-refractivity contribution >= 4 is 13.2 Å². The van der Waals surface area contributed by atoms with Gasteiger partial charge < -0.3 is 19.3 Å². The Morgan fingerprint density at radius 1 is 1.04 bits per heavy atom. The Hall–Kier alpha value is -1.01. The molecule has 1 heterocycles. The number of unbranched alkanes of at least 4 members (excludes halogenated alkanes) is 5. The lowest BCUT2D eigenvalue weighted by atomic mass is 9.89. The third kappa shape index (κ3) is 6.55. The first-order chi connectivity index (χ1) is 10.7. The standard InChI is InChI=1S/C17H32BNO4/c1-16(2)17(3,4)23-18(22-16)13-11-9-7-6-8-10-12-14-19(5)15(20)21/h11,13H,6-10,12,14H2,1-5H3,(H,20,21). The van der Waals surface area contributed by atoms with Crippen LogP contribution in [0, 0.1) is 0 Å². The van der Waals surface area contributed by atoms with Crippen molar-refractivity contribution in [3.63, 3.8) is 0 Å². The summed E-state index contributed by atoms with van der Waals surface area (Å²) >= 11 is 0. The topological polar surface area (TPSA) is 59.0 Å². The molecule has 23 heavy (non-hydrogen) atoms. The molecule has 0 atom stereocenters. The van der Waals surface area contributed by atoms with Gasteiger partial charge in [0.25, 0.3) is 0 Å². The highest BCUT2D eigenvalue weighted by Gasteiger charge is 2.49. The summed E-state index contributed by atoms with van der Waals surface area (Å²) in [4.78, 5) is 12.0. The van der Waals surface area contributed by atoms with E-state index in [9.17, 15) is 4.79 Å². The molecule has 1 N–H and O–H groups in total. The van der Waals surface area contributed by atoms with Crippen LogP contribution in [0.15, 0.2) is 12.1 Å². The summed E-state index contributed by atoms with van der Waals surface area (Å²) in [5.41, 5.74) is -0.545. The molecule has 1 aliphatic rings. The molecule has 0 aromatic rings. The fraction of sp³-hybridized carbons (Fsp3) is 0.824. The van der Waals surface area contributed by atoms with Crippen LogP contribution in [0.2, 0.25) is 0 Å². The molecule has 0 saturated carbocycles. The minimum absolute atomic E-state index is 0.244. The van der Waals surface area contributed by atoms with Crippen molar-refractivity contribution in [1.82, 2.24) is 4.90 Å². The van der Waals surface area contributed by atoms with E-state index in [4.69, 9.17) is 14.4 Å². The van der Waals surface area contributed by atoms with Crippen LogP contribution < -0.4 is 0 Å². The van der Waals surface area contributed by atoms with E-state index in [2.05, 4.69) is 33.8 Å². The largest absolute Gasteiger partial charge is 0.486 e. The van der Waals surface area contributed by atoms with Crippen molar-refractivity contribution in [2.45, 2.75) is 77.4 Å². The van der Waals surface area contributed by atoms with E-state index in [1.807, 2.05) is 5.98 Å². The summed E-state index contributed by atoms with van der Waals surface area (Å²) in [6.07, 6.45) is 7.80. The number of nitrogens with zero attached hydrogens (tertiary/aromatic N) is 1. The quantitative estimate of drug-likeness (QED) is 0.512. The maximum absolute atomic E-state index is 10.6. The van der Waals surface area contributed by atoms with Gasteiger partial charge in [-0.05, 0) is 47.0 Å². The molecule has 0 aliphatic carbocycles. The van der Waals surface area contributed by atoms with Gasteiger partial charge in [0.2, 0.25) is 0 Å². The fourth-order valence-electron chi connectivity index (χ4n) is 2.41. The Balaban J connectivity index is 2.05. The Bertz CT molecular complexity index is 393. The van der Waals surface area contributed by atoms with E-state index in [0.717, 1.165) is 32.1 Å². The molecular weight excluding hydrogens is 293 g/mol. The highest BCUT2D eigenvalue weighted by molar-refractivity contribution is 6.51. The summed E-state index contributed by atoms with van der Waals surface area (Å²) in [6.45, 7) is 8.85. The van der Waals surface area contributed by atoms with Crippen LogP contribution in [0.25, 0.3) is 0 Å². The second kappa shape index (κ2) is 8.74.